The maximum absolute atomic E-state index is 12.9. The Morgan fingerprint density at radius 1 is 1.22 bits per heavy atom. The van der Waals surface area contributed by atoms with Crippen molar-refractivity contribution in [2.24, 2.45) is 5.92 Å². The summed E-state index contributed by atoms with van der Waals surface area (Å²) in [6, 6.07) is 3.18. The number of piperidine rings is 1. The number of hydrogen-bond acceptors (Lipinski definition) is 4. The van der Waals surface area contributed by atoms with Gasteiger partial charge in [0.25, 0.3) is 5.91 Å². The van der Waals surface area contributed by atoms with E-state index in [0.29, 0.717) is 11.7 Å². The number of rotatable bonds is 3. The first-order chi connectivity index (χ1) is 12.7. The third-order valence-corrected chi connectivity index (χ3v) is 4.84. The zero-order chi connectivity index (χ0) is 19.6. The molecule has 1 aliphatic rings. The van der Waals surface area contributed by atoms with Gasteiger partial charge in [0.2, 0.25) is 0 Å². The van der Waals surface area contributed by atoms with Gasteiger partial charge in [-0.05, 0) is 37.0 Å². The fraction of sp³-hybridized carbons (Fsp3) is 0.389. The molecule has 3 rings (SSSR count). The van der Waals surface area contributed by atoms with Crippen LogP contribution in [0.4, 0.5) is 24.7 Å². The van der Waals surface area contributed by atoms with E-state index in [-0.39, 0.29) is 11.4 Å². The van der Waals surface area contributed by atoms with E-state index in [1.54, 1.807) is 0 Å². The minimum absolute atomic E-state index is 0.0207. The minimum Gasteiger partial charge on any atom is -0.355 e. The molecule has 2 aromatic rings. The second kappa shape index (κ2) is 7.72. The fourth-order valence-electron chi connectivity index (χ4n) is 2.85. The van der Waals surface area contributed by atoms with Crippen molar-refractivity contribution < 1.29 is 18.0 Å². The summed E-state index contributed by atoms with van der Waals surface area (Å²) in [5.74, 6) is 0.723. The van der Waals surface area contributed by atoms with E-state index in [1.165, 1.54) is 18.5 Å². The van der Waals surface area contributed by atoms with Gasteiger partial charge in [0.05, 0.1) is 23.0 Å². The van der Waals surface area contributed by atoms with E-state index in [0.717, 1.165) is 38.1 Å². The molecule has 0 atom stereocenters. The number of amides is 1. The Labute approximate surface area is 159 Å². The topological polar surface area (TPSA) is 58.1 Å². The van der Waals surface area contributed by atoms with Crippen LogP contribution < -0.4 is 10.2 Å². The molecule has 0 saturated carbocycles. The highest BCUT2D eigenvalue weighted by Crippen LogP contribution is 2.36. The van der Waals surface area contributed by atoms with E-state index in [9.17, 15) is 18.0 Å². The molecule has 0 aliphatic carbocycles. The molecule has 0 spiro atoms. The monoisotopic (exact) mass is 398 g/mol. The summed E-state index contributed by atoms with van der Waals surface area (Å²) in [4.78, 5) is 22.7. The van der Waals surface area contributed by atoms with Gasteiger partial charge in [-0.1, -0.05) is 18.5 Å². The Kier molecular flexibility index (Phi) is 5.55. The van der Waals surface area contributed by atoms with Gasteiger partial charge in [-0.15, -0.1) is 0 Å². The van der Waals surface area contributed by atoms with Crippen molar-refractivity contribution in [2.75, 3.05) is 23.3 Å². The molecule has 1 aromatic heterocycles. The van der Waals surface area contributed by atoms with Crippen LogP contribution >= 0.6 is 11.6 Å². The lowest BCUT2D eigenvalue weighted by Gasteiger charge is -2.30. The quantitative estimate of drug-likeness (QED) is 0.818. The number of aromatic nitrogens is 2. The molecule has 1 saturated heterocycles. The van der Waals surface area contributed by atoms with Crippen LogP contribution in [0.25, 0.3) is 0 Å². The first kappa shape index (κ1) is 19.4. The number of benzene rings is 1. The van der Waals surface area contributed by atoms with E-state index in [1.807, 2.05) is 0 Å². The number of carbonyl (C=O) groups excluding carboxylic acids is 1. The van der Waals surface area contributed by atoms with Crippen molar-refractivity contribution in [1.29, 1.82) is 0 Å². The third kappa shape index (κ3) is 4.68. The van der Waals surface area contributed by atoms with E-state index >= 15 is 0 Å². The summed E-state index contributed by atoms with van der Waals surface area (Å²) in [7, 11) is 0. The van der Waals surface area contributed by atoms with E-state index in [2.05, 4.69) is 27.1 Å². The van der Waals surface area contributed by atoms with Crippen molar-refractivity contribution in [3.8, 4) is 0 Å². The normalized spacial score (nSPS) is 15.7. The zero-order valence-corrected chi connectivity index (χ0v) is 15.3. The molecule has 0 radical (unpaired) electrons. The Hall–Kier alpha value is -2.35. The first-order valence-electron chi connectivity index (χ1n) is 8.49. The minimum atomic E-state index is -4.61. The Bertz CT molecular complexity index is 818. The van der Waals surface area contributed by atoms with Gasteiger partial charge < -0.3 is 10.2 Å². The van der Waals surface area contributed by atoms with Gasteiger partial charge in [0.15, 0.2) is 0 Å². The molecule has 5 nitrogen and oxygen atoms in total. The highest BCUT2D eigenvalue weighted by atomic mass is 35.5. The average Bonchev–Trinajstić information content (AvgIpc) is 2.63. The molecule has 27 heavy (non-hydrogen) atoms. The SMILES string of the molecule is CC1CCN(c2cnc(C(=O)Nc3ccc(Cl)c(C(F)(F)F)c3)cn2)CC1. The van der Waals surface area contributed by atoms with Crippen molar-refractivity contribution in [3.63, 3.8) is 0 Å². The molecule has 1 N–H and O–H groups in total. The van der Waals surface area contributed by atoms with Crippen LogP contribution in [0.5, 0.6) is 0 Å². The number of nitrogens with one attached hydrogen (secondary N) is 1. The molecular weight excluding hydrogens is 381 g/mol. The van der Waals surface area contributed by atoms with Crippen molar-refractivity contribution in [2.45, 2.75) is 25.9 Å². The van der Waals surface area contributed by atoms with Crippen LogP contribution in [0.15, 0.2) is 30.6 Å². The summed E-state index contributed by atoms with van der Waals surface area (Å²) in [6.07, 6.45) is 0.368. The van der Waals surface area contributed by atoms with Crippen molar-refractivity contribution >= 4 is 29.0 Å². The number of hydrogen-bond donors (Lipinski definition) is 1. The highest BCUT2D eigenvalue weighted by molar-refractivity contribution is 6.31. The smallest absolute Gasteiger partial charge is 0.355 e. The van der Waals surface area contributed by atoms with Crippen LogP contribution in [0.2, 0.25) is 5.02 Å². The summed E-state index contributed by atoms with van der Waals surface area (Å²) < 4.78 is 38.7. The molecule has 0 unspecified atom stereocenters. The maximum Gasteiger partial charge on any atom is 0.417 e. The molecule has 2 heterocycles. The van der Waals surface area contributed by atoms with Crippen molar-refractivity contribution in [3.05, 3.63) is 46.9 Å². The molecule has 9 heteroatoms. The molecular formula is C18H18ClF3N4O. The number of nitrogens with zero attached hydrogens (tertiary/aromatic N) is 3. The summed E-state index contributed by atoms with van der Waals surface area (Å²) in [6.45, 7) is 3.97. The van der Waals surface area contributed by atoms with Crippen LogP contribution in [0, 0.1) is 5.92 Å². The molecule has 144 valence electrons. The predicted molar refractivity (Wildman–Crippen MR) is 97.1 cm³/mol. The summed E-state index contributed by atoms with van der Waals surface area (Å²) in [5.41, 5.74) is -1.01. The Balaban J connectivity index is 1.70. The van der Waals surface area contributed by atoms with Crippen LogP contribution in [0.1, 0.15) is 35.8 Å². The number of anilines is 2. The van der Waals surface area contributed by atoms with Crippen LogP contribution in [-0.4, -0.2) is 29.0 Å². The molecule has 1 aliphatic heterocycles. The van der Waals surface area contributed by atoms with Gasteiger partial charge in [-0.25, -0.2) is 9.97 Å². The Morgan fingerprint density at radius 3 is 2.52 bits per heavy atom. The standard InChI is InChI=1S/C18H18ClF3N4O/c1-11-4-6-26(7-5-11)16-10-23-15(9-24-16)17(27)25-12-2-3-14(19)13(8-12)18(20,21)22/h2-3,8-11H,4-7H2,1H3,(H,25,27). The first-order valence-corrected chi connectivity index (χ1v) is 8.87. The summed E-state index contributed by atoms with van der Waals surface area (Å²) >= 11 is 5.57. The number of carbonyl (C=O) groups is 1. The predicted octanol–water partition coefficient (Wildman–Crippen LogP) is 4.64. The van der Waals surface area contributed by atoms with Crippen LogP contribution in [0.3, 0.4) is 0 Å². The molecule has 1 amide bonds. The second-order valence-electron chi connectivity index (χ2n) is 6.58. The molecule has 0 bridgehead atoms. The lowest BCUT2D eigenvalue weighted by Crippen LogP contribution is -2.33. The summed E-state index contributed by atoms with van der Waals surface area (Å²) in [5, 5.41) is 1.96. The Morgan fingerprint density at radius 2 is 1.93 bits per heavy atom. The van der Waals surface area contributed by atoms with Gasteiger partial charge in [0.1, 0.15) is 11.5 Å². The maximum atomic E-state index is 12.9. The van der Waals surface area contributed by atoms with E-state index < -0.39 is 22.7 Å². The average molecular weight is 399 g/mol. The largest absolute Gasteiger partial charge is 0.417 e. The van der Waals surface area contributed by atoms with Gasteiger partial charge in [-0.3, -0.25) is 4.79 Å². The molecule has 1 fully saturated rings. The van der Waals surface area contributed by atoms with Gasteiger partial charge in [0, 0.05) is 18.8 Å². The second-order valence-corrected chi connectivity index (χ2v) is 6.98. The van der Waals surface area contributed by atoms with Gasteiger partial charge in [-0.2, -0.15) is 13.2 Å². The lowest BCUT2D eigenvalue weighted by molar-refractivity contribution is -0.137. The van der Waals surface area contributed by atoms with E-state index in [4.69, 9.17) is 11.6 Å². The van der Waals surface area contributed by atoms with Crippen molar-refractivity contribution in [1.82, 2.24) is 9.97 Å². The fourth-order valence-corrected chi connectivity index (χ4v) is 3.08. The highest BCUT2D eigenvalue weighted by Gasteiger charge is 2.33. The zero-order valence-electron chi connectivity index (χ0n) is 14.6. The van der Waals surface area contributed by atoms with Crippen LogP contribution in [-0.2, 0) is 6.18 Å². The molecule has 1 aromatic carbocycles. The van der Waals surface area contributed by atoms with Gasteiger partial charge >= 0.3 is 6.18 Å². The third-order valence-electron chi connectivity index (χ3n) is 4.51. The number of halogens is 4. The lowest BCUT2D eigenvalue weighted by atomic mass is 9.99. The number of alkyl halides is 3.